The third-order valence-corrected chi connectivity index (χ3v) is 6.12. The molecule has 0 saturated carbocycles. The number of hydrogen-bond acceptors (Lipinski definition) is 7. The van der Waals surface area contributed by atoms with Crippen molar-refractivity contribution in [1.29, 1.82) is 0 Å². The van der Waals surface area contributed by atoms with Gasteiger partial charge in [0.2, 0.25) is 5.95 Å². The van der Waals surface area contributed by atoms with Crippen molar-refractivity contribution in [3.63, 3.8) is 0 Å². The molecule has 2 aromatic rings. The van der Waals surface area contributed by atoms with Crippen LogP contribution in [0, 0.1) is 6.92 Å². The predicted molar refractivity (Wildman–Crippen MR) is 126 cm³/mol. The van der Waals surface area contributed by atoms with E-state index < -0.39 is 0 Å². The van der Waals surface area contributed by atoms with E-state index in [1.165, 1.54) is 27.1 Å². The molecule has 0 spiro atoms. The summed E-state index contributed by atoms with van der Waals surface area (Å²) in [4.78, 5) is 28.5. The monoisotopic (exact) mass is 460 g/mol. The molecule has 1 N–H and O–H groups in total. The molecule has 3 heterocycles. The molecule has 2 aliphatic rings. The van der Waals surface area contributed by atoms with E-state index in [2.05, 4.69) is 20.1 Å². The van der Waals surface area contributed by atoms with E-state index in [9.17, 15) is 4.79 Å². The van der Waals surface area contributed by atoms with Crippen molar-refractivity contribution in [3.8, 4) is 11.5 Å². The van der Waals surface area contributed by atoms with E-state index in [-0.39, 0.29) is 6.03 Å². The second kappa shape index (κ2) is 9.68. The first-order valence-corrected chi connectivity index (χ1v) is 11.2. The van der Waals surface area contributed by atoms with Gasteiger partial charge in [0.05, 0.1) is 24.9 Å². The average Bonchev–Trinajstić information content (AvgIpc) is 3.34. The van der Waals surface area contributed by atoms with Gasteiger partial charge in [-0.25, -0.2) is 9.78 Å². The van der Waals surface area contributed by atoms with Crippen LogP contribution in [0.2, 0.25) is 5.02 Å². The molecule has 2 saturated heterocycles. The number of carbonyl (C=O) groups excluding carboxylic acids is 1. The molecule has 2 aliphatic heterocycles. The first kappa shape index (κ1) is 22.3. The molecule has 2 fully saturated rings. The molecular weight excluding hydrogens is 432 g/mol. The first-order valence-electron chi connectivity index (χ1n) is 10.8. The Morgan fingerprint density at radius 1 is 0.938 bits per heavy atom. The van der Waals surface area contributed by atoms with Gasteiger partial charge < -0.3 is 29.5 Å². The van der Waals surface area contributed by atoms with Crippen molar-refractivity contribution < 1.29 is 14.3 Å². The fourth-order valence-corrected chi connectivity index (χ4v) is 4.29. The molecule has 32 heavy (non-hydrogen) atoms. The summed E-state index contributed by atoms with van der Waals surface area (Å²) in [7, 11) is 3.07. The molecule has 0 aliphatic carbocycles. The van der Waals surface area contributed by atoms with Crippen LogP contribution in [0.15, 0.2) is 18.2 Å². The lowest BCUT2D eigenvalue weighted by molar-refractivity contribution is 0.208. The van der Waals surface area contributed by atoms with Gasteiger partial charge in [0, 0.05) is 57.1 Å². The minimum atomic E-state index is -0.194. The van der Waals surface area contributed by atoms with Crippen molar-refractivity contribution in [3.05, 3.63) is 28.9 Å². The number of aromatic nitrogens is 2. The fourth-order valence-electron chi connectivity index (χ4n) is 4.05. The zero-order valence-corrected chi connectivity index (χ0v) is 19.5. The number of amides is 2. The number of anilines is 3. The lowest BCUT2D eigenvalue weighted by atomic mass is 10.2. The summed E-state index contributed by atoms with van der Waals surface area (Å²) in [5.41, 5.74) is 1.47. The first-order chi connectivity index (χ1) is 15.5. The number of nitrogens with zero attached hydrogens (tertiary/aromatic N) is 5. The number of piperazine rings is 1. The maximum atomic E-state index is 12.9. The van der Waals surface area contributed by atoms with Crippen molar-refractivity contribution in [1.82, 2.24) is 14.9 Å². The van der Waals surface area contributed by atoms with Gasteiger partial charge in [-0.15, -0.1) is 0 Å². The average molecular weight is 461 g/mol. The number of rotatable bonds is 5. The number of carbonyl (C=O) groups is 1. The fraction of sp³-hybridized carbons (Fsp3) is 0.500. The molecule has 1 aromatic carbocycles. The van der Waals surface area contributed by atoms with Crippen molar-refractivity contribution in [2.75, 3.05) is 68.6 Å². The molecule has 0 bridgehead atoms. The van der Waals surface area contributed by atoms with E-state index >= 15 is 0 Å². The number of urea groups is 1. The Bertz CT molecular complexity index is 974. The summed E-state index contributed by atoms with van der Waals surface area (Å²) < 4.78 is 10.6. The molecule has 10 heteroatoms. The van der Waals surface area contributed by atoms with Gasteiger partial charge in [-0.2, -0.15) is 4.98 Å². The van der Waals surface area contributed by atoms with Gasteiger partial charge >= 0.3 is 6.03 Å². The van der Waals surface area contributed by atoms with Gasteiger partial charge in [0.15, 0.2) is 0 Å². The Kier molecular flexibility index (Phi) is 6.74. The molecule has 4 rings (SSSR count). The summed E-state index contributed by atoms with van der Waals surface area (Å²) >= 11 is 6.22. The highest BCUT2D eigenvalue weighted by Crippen LogP contribution is 2.36. The molecule has 9 nitrogen and oxygen atoms in total. The maximum Gasteiger partial charge on any atom is 0.322 e. The number of benzene rings is 1. The van der Waals surface area contributed by atoms with Crippen molar-refractivity contribution >= 4 is 35.1 Å². The third-order valence-electron chi connectivity index (χ3n) is 5.82. The molecule has 0 atom stereocenters. The maximum absolute atomic E-state index is 12.9. The number of halogens is 1. The van der Waals surface area contributed by atoms with E-state index in [0.29, 0.717) is 48.4 Å². The van der Waals surface area contributed by atoms with E-state index in [4.69, 9.17) is 26.1 Å². The van der Waals surface area contributed by atoms with Gasteiger partial charge in [-0.3, -0.25) is 0 Å². The summed E-state index contributed by atoms with van der Waals surface area (Å²) in [6.45, 7) is 6.58. The van der Waals surface area contributed by atoms with E-state index in [0.717, 1.165) is 30.5 Å². The number of ether oxygens (including phenoxy) is 2. The Balaban J connectivity index is 1.40. The van der Waals surface area contributed by atoms with Crippen LogP contribution in [-0.4, -0.2) is 74.4 Å². The second-order valence-corrected chi connectivity index (χ2v) is 8.36. The standard InChI is InChI=1S/C22H29ClN6O3/c1-15-12-20(26-21(24-15)28-6-4-5-7-28)27-8-10-29(11-9-27)22(30)25-17-13-16(23)18(31-2)14-19(17)32-3/h12-14H,4-11H2,1-3H3,(H,25,30). The second-order valence-electron chi connectivity index (χ2n) is 7.95. The summed E-state index contributed by atoms with van der Waals surface area (Å²) in [5.74, 6) is 2.71. The van der Waals surface area contributed by atoms with Gasteiger partial charge in [-0.1, -0.05) is 11.6 Å². The molecule has 0 radical (unpaired) electrons. The van der Waals surface area contributed by atoms with Gasteiger partial charge in [-0.05, 0) is 25.8 Å². The number of methoxy groups -OCH3 is 2. The Hall–Kier alpha value is -2.94. The topological polar surface area (TPSA) is 83.1 Å². The Morgan fingerprint density at radius 2 is 1.62 bits per heavy atom. The van der Waals surface area contributed by atoms with E-state index in [1.54, 1.807) is 17.0 Å². The minimum absolute atomic E-state index is 0.194. The van der Waals surface area contributed by atoms with Gasteiger partial charge in [0.25, 0.3) is 0 Å². The molecule has 0 unspecified atom stereocenters. The van der Waals surface area contributed by atoms with Crippen molar-refractivity contribution in [2.24, 2.45) is 0 Å². The van der Waals surface area contributed by atoms with Crippen LogP contribution >= 0.6 is 11.6 Å². The Morgan fingerprint density at radius 3 is 2.28 bits per heavy atom. The number of hydrogen-bond donors (Lipinski definition) is 1. The normalized spacial score (nSPS) is 16.3. The predicted octanol–water partition coefficient (Wildman–Crippen LogP) is 3.41. The van der Waals surface area contributed by atoms with Crippen LogP contribution < -0.4 is 24.6 Å². The third kappa shape index (κ3) is 4.77. The molecule has 2 amide bonds. The van der Waals surface area contributed by atoms with Crippen LogP contribution in [0.5, 0.6) is 11.5 Å². The smallest absolute Gasteiger partial charge is 0.322 e. The van der Waals surface area contributed by atoms with Crippen LogP contribution in [0.25, 0.3) is 0 Å². The SMILES string of the molecule is COc1cc(OC)c(NC(=O)N2CCN(c3cc(C)nc(N4CCCC4)n3)CC2)cc1Cl. The largest absolute Gasteiger partial charge is 0.495 e. The van der Waals surface area contributed by atoms with Crippen LogP contribution in [0.1, 0.15) is 18.5 Å². The van der Waals surface area contributed by atoms with Crippen LogP contribution in [-0.2, 0) is 0 Å². The highest BCUT2D eigenvalue weighted by atomic mass is 35.5. The highest BCUT2D eigenvalue weighted by molar-refractivity contribution is 6.32. The van der Waals surface area contributed by atoms with Gasteiger partial charge in [0.1, 0.15) is 17.3 Å². The lowest BCUT2D eigenvalue weighted by Crippen LogP contribution is -2.50. The van der Waals surface area contributed by atoms with Crippen LogP contribution in [0.3, 0.4) is 0 Å². The molecule has 172 valence electrons. The number of aryl methyl sites for hydroxylation is 1. The summed E-state index contributed by atoms with van der Waals surface area (Å²) in [5, 5.41) is 3.31. The minimum Gasteiger partial charge on any atom is -0.495 e. The number of nitrogens with one attached hydrogen (secondary N) is 1. The zero-order valence-electron chi connectivity index (χ0n) is 18.7. The van der Waals surface area contributed by atoms with E-state index in [1.807, 2.05) is 13.0 Å². The molecular formula is C22H29ClN6O3. The lowest BCUT2D eigenvalue weighted by Gasteiger charge is -2.35. The Labute approximate surface area is 193 Å². The van der Waals surface area contributed by atoms with Crippen molar-refractivity contribution in [2.45, 2.75) is 19.8 Å². The quantitative estimate of drug-likeness (QED) is 0.732. The summed E-state index contributed by atoms with van der Waals surface area (Å²) in [6, 6.07) is 5.11. The molecule has 1 aromatic heterocycles. The zero-order chi connectivity index (χ0) is 22.7. The highest BCUT2D eigenvalue weighted by Gasteiger charge is 2.25. The summed E-state index contributed by atoms with van der Waals surface area (Å²) in [6.07, 6.45) is 2.37. The van der Waals surface area contributed by atoms with Crippen LogP contribution in [0.4, 0.5) is 22.2 Å².